The van der Waals surface area contributed by atoms with Crippen molar-refractivity contribution in [3.8, 4) is 0 Å². The van der Waals surface area contributed by atoms with Gasteiger partial charge in [0.2, 0.25) is 0 Å². The molecule has 1 aromatic rings. The van der Waals surface area contributed by atoms with E-state index in [0.29, 0.717) is 18.3 Å². The van der Waals surface area contributed by atoms with E-state index < -0.39 is 5.97 Å². The van der Waals surface area contributed by atoms with Crippen LogP contribution in [0.2, 0.25) is 0 Å². The molecule has 1 fully saturated rings. The van der Waals surface area contributed by atoms with Gasteiger partial charge in [0.25, 0.3) is 0 Å². The van der Waals surface area contributed by atoms with Gasteiger partial charge in [-0.3, -0.25) is 9.69 Å². The highest BCUT2D eigenvalue weighted by atomic mass is 32.2. The monoisotopic (exact) mass is 377 g/mol. The highest BCUT2D eigenvalue weighted by molar-refractivity contribution is 7.99. The van der Waals surface area contributed by atoms with Crippen molar-refractivity contribution in [3.63, 3.8) is 0 Å². The lowest BCUT2D eigenvalue weighted by atomic mass is 9.85. The molecule has 1 aliphatic heterocycles. The summed E-state index contributed by atoms with van der Waals surface area (Å²) < 4.78 is 0. The average molecular weight is 378 g/mol. The van der Waals surface area contributed by atoms with Gasteiger partial charge in [-0.25, -0.2) is 4.79 Å². The molecule has 1 heterocycles. The summed E-state index contributed by atoms with van der Waals surface area (Å²) in [7, 11) is 0. The predicted molar refractivity (Wildman–Crippen MR) is 104 cm³/mol. The molecule has 1 unspecified atom stereocenters. The lowest BCUT2D eigenvalue weighted by Gasteiger charge is -2.42. The number of aryl methyl sites for hydroxylation is 1. The number of fused-ring (bicyclic) bond motifs is 1. The van der Waals surface area contributed by atoms with Crippen LogP contribution in [0.25, 0.3) is 0 Å². The zero-order chi connectivity index (χ0) is 18.5. The number of aliphatic carboxylic acids is 1. The number of nitrogens with zero attached hydrogens (tertiary/aromatic N) is 1. The quantitative estimate of drug-likeness (QED) is 0.679. The molecule has 1 aliphatic carbocycles. The van der Waals surface area contributed by atoms with E-state index >= 15 is 0 Å². The summed E-state index contributed by atoms with van der Waals surface area (Å²) in [6.45, 7) is 3.38. The van der Waals surface area contributed by atoms with Gasteiger partial charge in [-0.05, 0) is 42.7 Å². The Morgan fingerprint density at radius 1 is 1.31 bits per heavy atom. The smallest absolute Gasteiger partial charge is 0.317 e. The van der Waals surface area contributed by atoms with Crippen LogP contribution in [0.5, 0.6) is 0 Å². The number of amides is 2. The number of thioether (sulfide) groups is 1. The molecule has 1 atom stereocenters. The molecule has 0 saturated heterocycles. The summed E-state index contributed by atoms with van der Waals surface area (Å²) in [5.74, 6) is 0.289. The third-order valence-corrected chi connectivity index (χ3v) is 6.51. The van der Waals surface area contributed by atoms with Crippen molar-refractivity contribution in [2.45, 2.75) is 43.5 Å². The minimum Gasteiger partial charge on any atom is -0.480 e. The second-order valence-corrected chi connectivity index (χ2v) is 8.25. The van der Waals surface area contributed by atoms with Gasteiger partial charge < -0.3 is 15.7 Å². The summed E-state index contributed by atoms with van der Waals surface area (Å²) in [6, 6.07) is 8.72. The van der Waals surface area contributed by atoms with Gasteiger partial charge in [-0.1, -0.05) is 31.2 Å². The van der Waals surface area contributed by atoms with Crippen molar-refractivity contribution in [3.05, 3.63) is 35.4 Å². The molecule has 1 aromatic carbocycles. The van der Waals surface area contributed by atoms with Gasteiger partial charge in [0, 0.05) is 23.9 Å². The first kappa shape index (κ1) is 19.0. The maximum absolute atomic E-state index is 12.2. The van der Waals surface area contributed by atoms with E-state index in [2.05, 4.69) is 34.9 Å². The van der Waals surface area contributed by atoms with E-state index in [9.17, 15) is 9.59 Å². The van der Waals surface area contributed by atoms with Crippen molar-refractivity contribution < 1.29 is 14.7 Å². The molecule has 2 amide bonds. The molecule has 0 spiro atoms. The number of carbonyl (C=O) groups is 2. The molecule has 6 nitrogen and oxygen atoms in total. The standard InChI is InChI=1S/C19H27N3O3S/c1-2-22(12-18(23)24)15-9-14(10-15)21-19(25)20-11-17-16-6-4-3-5-13(16)7-8-26-17/h3-6,14-15,17H,2,7-12H2,1H3,(H,23,24)(H2,20,21,25). The number of likely N-dealkylation sites (N-methyl/N-ethyl adjacent to an activating group) is 1. The van der Waals surface area contributed by atoms with Crippen LogP contribution in [0.4, 0.5) is 4.79 Å². The molecule has 0 aromatic heterocycles. The fourth-order valence-corrected chi connectivity index (χ4v) is 4.98. The summed E-state index contributed by atoms with van der Waals surface area (Å²) in [5.41, 5.74) is 2.72. The zero-order valence-corrected chi connectivity index (χ0v) is 15.9. The van der Waals surface area contributed by atoms with Crippen LogP contribution in [-0.2, 0) is 11.2 Å². The lowest BCUT2D eigenvalue weighted by molar-refractivity contribution is -0.139. The summed E-state index contributed by atoms with van der Waals surface area (Å²) in [5, 5.41) is 15.3. The molecule has 1 saturated carbocycles. The van der Waals surface area contributed by atoms with Crippen LogP contribution >= 0.6 is 11.8 Å². The predicted octanol–water partition coefficient (Wildman–Crippen LogP) is 2.25. The summed E-state index contributed by atoms with van der Waals surface area (Å²) >= 11 is 1.89. The van der Waals surface area contributed by atoms with Gasteiger partial charge in [-0.2, -0.15) is 11.8 Å². The molecule has 0 bridgehead atoms. The zero-order valence-electron chi connectivity index (χ0n) is 15.1. The minimum absolute atomic E-state index is 0.0679. The Morgan fingerprint density at radius 3 is 2.81 bits per heavy atom. The Bertz CT molecular complexity index is 649. The SMILES string of the molecule is CCN(CC(=O)O)C1CC(NC(=O)NCC2SCCc3ccccc32)C1. The fourth-order valence-electron chi connectivity index (χ4n) is 3.74. The molecule has 26 heavy (non-hydrogen) atoms. The molecular weight excluding hydrogens is 350 g/mol. The van der Waals surface area contributed by atoms with Crippen LogP contribution in [-0.4, -0.2) is 59.5 Å². The first-order chi connectivity index (χ1) is 12.6. The van der Waals surface area contributed by atoms with Gasteiger partial charge in [0.15, 0.2) is 0 Å². The molecule has 3 rings (SSSR count). The average Bonchev–Trinajstić information content (AvgIpc) is 2.60. The third kappa shape index (κ3) is 4.71. The van der Waals surface area contributed by atoms with Crippen molar-refractivity contribution >= 4 is 23.8 Å². The Kier molecular flexibility index (Phi) is 6.43. The van der Waals surface area contributed by atoms with E-state index in [-0.39, 0.29) is 24.7 Å². The van der Waals surface area contributed by atoms with E-state index in [1.807, 2.05) is 23.6 Å². The third-order valence-electron chi connectivity index (χ3n) is 5.25. The van der Waals surface area contributed by atoms with Gasteiger partial charge >= 0.3 is 12.0 Å². The first-order valence-corrected chi connectivity index (χ1v) is 10.3. The number of hydrogen-bond donors (Lipinski definition) is 3. The minimum atomic E-state index is -0.800. The highest BCUT2D eigenvalue weighted by Gasteiger charge is 2.34. The van der Waals surface area contributed by atoms with Crippen molar-refractivity contribution in [1.29, 1.82) is 0 Å². The normalized spacial score (nSPS) is 24.5. The molecule has 0 radical (unpaired) electrons. The van der Waals surface area contributed by atoms with Gasteiger partial charge in [-0.15, -0.1) is 0 Å². The van der Waals surface area contributed by atoms with Crippen molar-refractivity contribution in [2.24, 2.45) is 0 Å². The first-order valence-electron chi connectivity index (χ1n) is 9.26. The van der Waals surface area contributed by atoms with Gasteiger partial charge in [0.1, 0.15) is 0 Å². The molecule has 3 N–H and O–H groups in total. The second-order valence-electron chi connectivity index (χ2n) is 6.94. The molecule has 7 heteroatoms. The Labute approximate surface area is 158 Å². The Hall–Kier alpha value is -1.73. The fraction of sp³-hybridized carbons (Fsp3) is 0.579. The van der Waals surface area contributed by atoms with Crippen LogP contribution in [0.3, 0.4) is 0 Å². The number of nitrogens with one attached hydrogen (secondary N) is 2. The number of carboxylic acids is 1. The number of benzene rings is 1. The van der Waals surface area contributed by atoms with Crippen LogP contribution in [0.1, 0.15) is 36.1 Å². The molecule has 2 aliphatic rings. The number of urea groups is 1. The van der Waals surface area contributed by atoms with E-state index in [1.54, 1.807) is 0 Å². The largest absolute Gasteiger partial charge is 0.480 e. The highest BCUT2D eigenvalue weighted by Crippen LogP contribution is 2.36. The lowest BCUT2D eigenvalue weighted by Crippen LogP contribution is -2.56. The molecule has 142 valence electrons. The van der Waals surface area contributed by atoms with Crippen LogP contribution < -0.4 is 10.6 Å². The van der Waals surface area contributed by atoms with Crippen molar-refractivity contribution in [1.82, 2.24) is 15.5 Å². The van der Waals surface area contributed by atoms with Gasteiger partial charge in [0.05, 0.1) is 6.54 Å². The van der Waals surface area contributed by atoms with Crippen LogP contribution in [0.15, 0.2) is 24.3 Å². The second kappa shape index (κ2) is 8.77. The van der Waals surface area contributed by atoms with E-state index in [1.165, 1.54) is 11.1 Å². The number of carboxylic acid groups (broad SMARTS) is 1. The van der Waals surface area contributed by atoms with Crippen molar-refractivity contribution in [2.75, 3.05) is 25.4 Å². The summed E-state index contributed by atoms with van der Waals surface area (Å²) in [6.07, 6.45) is 2.72. The Balaban J connectivity index is 1.40. The number of rotatable bonds is 7. The van der Waals surface area contributed by atoms with E-state index in [4.69, 9.17) is 5.11 Å². The summed E-state index contributed by atoms with van der Waals surface area (Å²) in [4.78, 5) is 25.0. The number of carbonyl (C=O) groups excluding carboxylic acids is 1. The maximum atomic E-state index is 12.2. The van der Waals surface area contributed by atoms with E-state index in [0.717, 1.165) is 25.0 Å². The number of hydrogen-bond acceptors (Lipinski definition) is 4. The Morgan fingerprint density at radius 2 is 2.08 bits per heavy atom. The maximum Gasteiger partial charge on any atom is 0.317 e. The topological polar surface area (TPSA) is 81.7 Å². The van der Waals surface area contributed by atoms with Crippen LogP contribution in [0, 0.1) is 0 Å². The molecular formula is C19H27N3O3S.